The highest BCUT2D eigenvalue weighted by Crippen LogP contribution is 2.37. The van der Waals surface area contributed by atoms with Gasteiger partial charge in [-0.15, -0.1) is 0 Å². The summed E-state index contributed by atoms with van der Waals surface area (Å²) in [5.41, 5.74) is -0.0300. The maximum Gasteiger partial charge on any atom is 0.316 e. The van der Waals surface area contributed by atoms with Gasteiger partial charge in [0.15, 0.2) is 0 Å². The Balaban J connectivity index is 1.34. The van der Waals surface area contributed by atoms with Gasteiger partial charge in [-0.1, -0.05) is 0 Å². The van der Waals surface area contributed by atoms with Gasteiger partial charge in [0.1, 0.15) is 6.10 Å². The van der Waals surface area contributed by atoms with Crippen LogP contribution in [0.2, 0.25) is 0 Å². The summed E-state index contributed by atoms with van der Waals surface area (Å²) in [6.45, 7) is 4.57. The van der Waals surface area contributed by atoms with Crippen molar-refractivity contribution in [1.82, 2.24) is 14.9 Å². The van der Waals surface area contributed by atoms with Crippen molar-refractivity contribution in [1.29, 1.82) is 0 Å². The Labute approximate surface area is 130 Å². The Morgan fingerprint density at radius 2 is 2.05 bits per heavy atom. The van der Waals surface area contributed by atoms with Crippen LogP contribution in [0, 0.1) is 0 Å². The van der Waals surface area contributed by atoms with Gasteiger partial charge in [0, 0.05) is 51.2 Å². The smallest absolute Gasteiger partial charge is 0.316 e. The fourth-order valence-corrected chi connectivity index (χ4v) is 3.90. The van der Waals surface area contributed by atoms with Crippen LogP contribution < -0.4 is 4.74 Å². The molecule has 0 unspecified atom stereocenters. The lowest BCUT2D eigenvalue weighted by Gasteiger charge is -2.32. The molecule has 120 valence electrons. The molecule has 6 heteroatoms. The molecule has 0 amide bonds. The maximum absolute atomic E-state index is 6.15. The molecule has 0 saturated carbocycles. The molecular weight excluding hydrogens is 282 g/mol. The number of hydrogen-bond donors (Lipinski definition) is 0. The lowest BCUT2D eigenvalue weighted by molar-refractivity contribution is -0.00468. The van der Waals surface area contributed by atoms with Gasteiger partial charge in [-0.3, -0.25) is 4.90 Å². The second-order valence-electron chi connectivity index (χ2n) is 6.53. The first-order valence-electron chi connectivity index (χ1n) is 8.22. The van der Waals surface area contributed by atoms with Crippen molar-refractivity contribution >= 4 is 0 Å². The zero-order valence-corrected chi connectivity index (χ0v) is 12.8. The Bertz CT molecular complexity index is 495. The van der Waals surface area contributed by atoms with E-state index in [9.17, 15) is 0 Å². The number of aromatic nitrogens is 2. The van der Waals surface area contributed by atoms with Crippen LogP contribution in [0.15, 0.2) is 18.5 Å². The van der Waals surface area contributed by atoms with Crippen LogP contribution in [-0.2, 0) is 9.47 Å². The minimum Gasteiger partial charge on any atom is -0.458 e. The van der Waals surface area contributed by atoms with E-state index >= 15 is 0 Å². The van der Waals surface area contributed by atoms with Gasteiger partial charge in [-0.2, -0.15) is 0 Å². The number of hydrogen-bond acceptors (Lipinski definition) is 6. The summed E-state index contributed by atoms with van der Waals surface area (Å²) in [5, 5.41) is 0. The zero-order valence-electron chi connectivity index (χ0n) is 12.8. The second-order valence-corrected chi connectivity index (χ2v) is 6.53. The summed E-state index contributed by atoms with van der Waals surface area (Å²) in [6, 6.07) is 2.91. The van der Waals surface area contributed by atoms with E-state index in [4.69, 9.17) is 14.2 Å². The standard InChI is InChI=1S/C16H23N3O3/c1-5-17-15(18-6-1)22-14-10-16(21-11-14)4-7-19(12-16)13-2-8-20-9-3-13/h1,5-6,13-14H,2-4,7-12H2/t14-,16+/m0/s1. The van der Waals surface area contributed by atoms with Crippen molar-refractivity contribution in [3.63, 3.8) is 0 Å². The third-order valence-electron chi connectivity index (χ3n) is 5.04. The first-order chi connectivity index (χ1) is 10.8. The average molecular weight is 305 g/mol. The Morgan fingerprint density at radius 1 is 1.23 bits per heavy atom. The molecule has 4 heterocycles. The molecule has 0 aromatic carbocycles. The molecule has 3 aliphatic heterocycles. The van der Waals surface area contributed by atoms with Gasteiger partial charge in [-0.05, 0) is 25.3 Å². The first-order valence-corrected chi connectivity index (χ1v) is 8.22. The Hall–Kier alpha value is -1.24. The lowest BCUT2D eigenvalue weighted by Crippen LogP contribution is -2.41. The first kappa shape index (κ1) is 14.4. The largest absolute Gasteiger partial charge is 0.458 e. The van der Waals surface area contributed by atoms with E-state index < -0.39 is 0 Å². The minimum absolute atomic E-state index is 0.0300. The minimum atomic E-state index is -0.0300. The molecule has 2 atom stereocenters. The van der Waals surface area contributed by atoms with Crippen molar-refractivity contribution in [3.05, 3.63) is 18.5 Å². The summed E-state index contributed by atoms with van der Waals surface area (Å²) >= 11 is 0. The summed E-state index contributed by atoms with van der Waals surface area (Å²) in [6.07, 6.45) is 7.80. The molecule has 1 aromatic heterocycles. The molecule has 3 aliphatic rings. The van der Waals surface area contributed by atoms with Crippen LogP contribution in [0.3, 0.4) is 0 Å². The van der Waals surface area contributed by atoms with Crippen molar-refractivity contribution in [2.45, 2.75) is 43.4 Å². The molecule has 0 bridgehead atoms. The monoisotopic (exact) mass is 305 g/mol. The van der Waals surface area contributed by atoms with Gasteiger partial charge in [0.2, 0.25) is 0 Å². The van der Waals surface area contributed by atoms with Crippen molar-refractivity contribution in [2.75, 3.05) is 32.9 Å². The molecule has 4 rings (SSSR count). The van der Waals surface area contributed by atoms with E-state index in [0.717, 1.165) is 52.0 Å². The fraction of sp³-hybridized carbons (Fsp3) is 0.750. The predicted molar refractivity (Wildman–Crippen MR) is 79.8 cm³/mol. The topological polar surface area (TPSA) is 56.7 Å². The molecule has 1 aromatic rings. The van der Waals surface area contributed by atoms with Gasteiger partial charge in [0.25, 0.3) is 0 Å². The summed E-state index contributed by atoms with van der Waals surface area (Å²) in [7, 11) is 0. The van der Waals surface area contributed by atoms with Gasteiger partial charge < -0.3 is 14.2 Å². The molecule has 3 fully saturated rings. The average Bonchev–Trinajstić information content (AvgIpc) is 3.17. The second kappa shape index (κ2) is 6.10. The zero-order chi connectivity index (χ0) is 14.8. The summed E-state index contributed by atoms with van der Waals surface area (Å²) in [4.78, 5) is 10.9. The van der Waals surface area contributed by atoms with E-state index in [-0.39, 0.29) is 11.7 Å². The highest BCUT2D eigenvalue weighted by Gasteiger charge is 2.47. The van der Waals surface area contributed by atoms with Crippen LogP contribution in [0.25, 0.3) is 0 Å². The van der Waals surface area contributed by atoms with Crippen molar-refractivity contribution in [3.8, 4) is 6.01 Å². The maximum atomic E-state index is 6.15. The Morgan fingerprint density at radius 3 is 2.86 bits per heavy atom. The highest BCUT2D eigenvalue weighted by atomic mass is 16.6. The van der Waals surface area contributed by atoms with Crippen molar-refractivity contribution < 1.29 is 14.2 Å². The van der Waals surface area contributed by atoms with Gasteiger partial charge >= 0.3 is 6.01 Å². The molecule has 0 N–H and O–H groups in total. The molecule has 22 heavy (non-hydrogen) atoms. The van der Waals surface area contributed by atoms with E-state index in [2.05, 4.69) is 14.9 Å². The van der Waals surface area contributed by atoms with Gasteiger partial charge in [-0.25, -0.2) is 9.97 Å². The third-order valence-corrected chi connectivity index (χ3v) is 5.04. The van der Waals surface area contributed by atoms with Crippen LogP contribution in [-0.4, -0.2) is 65.5 Å². The molecule has 0 radical (unpaired) electrons. The van der Waals surface area contributed by atoms with Gasteiger partial charge in [0.05, 0.1) is 12.2 Å². The molecule has 6 nitrogen and oxygen atoms in total. The Kier molecular flexibility index (Phi) is 3.98. The number of nitrogens with zero attached hydrogens (tertiary/aromatic N) is 3. The molecule has 1 spiro atoms. The van der Waals surface area contributed by atoms with Crippen molar-refractivity contribution in [2.24, 2.45) is 0 Å². The van der Waals surface area contributed by atoms with E-state index in [1.54, 1.807) is 18.5 Å². The van der Waals surface area contributed by atoms with Crippen LogP contribution >= 0.6 is 0 Å². The molecule has 3 saturated heterocycles. The molecular formula is C16H23N3O3. The number of rotatable bonds is 3. The van der Waals surface area contributed by atoms with E-state index in [0.29, 0.717) is 18.7 Å². The lowest BCUT2D eigenvalue weighted by atomic mass is 9.98. The quantitative estimate of drug-likeness (QED) is 0.838. The summed E-state index contributed by atoms with van der Waals surface area (Å²) < 4.78 is 17.5. The van der Waals surface area contributed by atoms with E-state index in [1.165, 1.54) is 0 Å². The SMILES string of the molecule is c1cnc(O[C@@H]2CO[C@]3(CCN(C4CCOCC4)C3)C2)nc1. The molecule has 0 aliphatic carbocycles. The van der Waals surface area contributed by atoms with Crippen LogP contribution in [0.4, 0.5) is 0 Å². The summed E-state index contributed by atoms with van der Waals surface area (Å²) in [5.74, 6) is 0. The predicted octanol–water partition coefficient (Wildman–Crippen LogP) is 1.27. The highest BCUT2D eigenvalue weighted by molar-refractivity contribution is 5.02. The van der Waals surface area contributed by atoms with Crippen LogP contribution in [0.5, 0.6) is 6.01 Å². The van der Waals surface area contributed by atoms with E-state index in [1.807, 2.05) is 0 Å². The number of likely N-dealkylation sites (tertiary alicyclic amines) is 1. The third kappa shape index (κ3) is 2.95. The fourth-order valence-electron chi connectivity index (χ4n) is 3.90. The number of ether oxygens (including phenoxy) is 3. The normalized spacial score (nSPS) is 33.5. The van der Waals surface area contributed by atoms with Crippen LogP contribution in [0.1, 0.15) is 25.7 Å².